The predicted molar refractivity (Wildman–Crippen MR) is 230 cm³/mol. The zero-order valence-electron chi connectivity index (χ0n) is 35.2. The maximum Gasteiger partial charge on any atom is 0.267 e. The summed E-state index contributed by atoms with van der Waals surface area (Å²) in [5, 5.41) is 13.3. The van der Waals surface area contributed by atoms with Gasteiger partial charge in [0, 0.05) is 6.42 Å². The monoisotopic (exact) mass is 768 g/mol. The highest BCUT2D eigenvalue weighted by Crippen LogP contribution is 2.16. The second-order valence-corrected chi connectivity index (χ2v) is 17.5. The average molecular weight is 768 g/mol. The van der Waals surface area contributed by atoms with Gasteiger partial charge >= 0.3 is 0 Å². The number of allylic oxidation sites excluding steroid dienone is 3. The lowest BCUT2D eigenvalue weighted by Crippen LogP contribution is -2.46. The summed E-state index contributed by atoms with van der Waals surface area (Å²) in [6.45, 7) is 4.54. The summed E-state index contributed by atoms with van der Waals surface area (Å²) in [5.41, 5.74) is 0. The third kappa shape index (κ3) is 41.8. The second kappa shape index (κ2) is 40.5. The van der Waals surface area contributed by atoms with Crippen molar-refractivity contribution < 1.29 is 22.9 Å². The van der Waals surface area contributed by atoms with E-state index in [4.69, 9.17) is 0 Å². The van der Waals surface area contributed by atoms with Gasteiger partial charge in [0.1, 0.15) is 0 Å². The molecule has 0 heterocycles. The molecule has 0 radical (unpaired) electrons. The van der Waals surface area contributed by atoms with Crippen LogP contribution < -0.4 is 5.32 Å². The van der Waals surface area contributed by atoms with Gasteiger partial charge in [0.2, 0.25) is 5.91 Å². The molecule has 0 aliphatic heterocycles. The number of rotatable bonds is 42. The number of nitrogens with one attached hydrogen (secondary N) is 1. The Kier molecular flexibility index (Phi) is 39.6. The summed E-state index contributed by atoms with van der Waals surface area (Å²) in [5.74, 6) is -0.973. The molecule has 0 aromatic rings. The van der Waals surface area contributed by atoms with Gasteiger partial charge in [-0.25, -0.2) is 0 Å². The maximum atomic E-state index is 12.5. The zero-order chi connectivity index (χ0) is 38.9. The quantitative estimate of drug-likeness (QED) is 0.0326. The van der Waals surface area contributed by atoms with Crippen molar-refractivity contribution in [2.75, 3.05) is 5.75 Å². The maximum absolute atomic E-state index is 12.5. The minimum atomic E-state index is -4.34. The van der Waals surface area contributed by atoms with Crippen LogP contribution in [0.15, 0.2) is 24.3 Å². The van der Waals surface area contributed by atoms with Crippen molar-refractivity contribution in [2.45, 2.75) is 257 Å². The van der Waals surface area contributed by atoms with Gasteiger partial charge in [0.15, 0.2) is 0 Å². The molecule has 3 N–H and O–H groups in total. The van der Waals surface area contributed by atoms with Crippen LogP contribution in [0.2, 0.25) is 0 Å². The van der Waals surface area contributed by atoms with Crippen molar-refractivity contribution >= 4 is 16.0 Å². The molecule has 7 heteroatoms. The number of unbranched alkanes of at least 4 members (excludes halogenated alkanes) is 32. The van der Waals surface area contributed by atoms with Gasteiger partial charge in [-0.2, -0.15) is 8.42 Å². The largest absolute Gasteiger partial charge is 0.387 e. The number of aliphatic hydroxyl groups excluding tert-OH is 1. The molecule has 1 amide bonds. The smallest absolute Gasteiger partial charge is 0.267 e. The van der Waals surface area contributed by atoms with Gasteiger partial charge in [-0.1, -0.05) is 218 Å². The molecule has 0 aromatic heterocycles. The number of aliphatic hydroxyl groups is 1. The first-order valence-corrected chi connectivity index (χ1v) is 24.6. The molecule has 0 bridgehead atoms. The average Bonchev–Trinajstić information content (AvgIpc) is 3.12. The third-order valence-corrected chi connectivity index (χ3v) is 11.4. The summed E-state index contributed by atoms with van der Waals surface area (Å²) < 4.78 is 32.6. The third-order valence-electron chi connectivity index (χ3n) is 10.6. The summed E-state index contributed by atoms with van der Waals surface area (Å²) in [7, 11) is -4.34. The first-order valence-electron chi connectivity index (χ1n) is 23.0. The van der Waals surface area contributed by atoms with Crippen LogP contribution >= 0.6 is 0 Å². The van der Waals surface area contributed by atoms with Gasteiger partial charge in [-0.15, -0.1) is 0 Å². The fourth-order valence-electron chi connectivity index (χ4n) is 7.15. The van der Waals surface area contributed by atoms with Crippen molar-refractivity contribution in [3.63, 3.8) is 0 Å². The number of amides is 1. The molecule has 0 aliphatic rings. The van der Waals surface area contributed by atoms with E-state index in [0.717, 1.165) is 38.5 Å². The van der Waals surface area contributed by atoms with Crippen molar-refractivity contribution in [2.24, 2.45) is 0 Å². The van der Waals surface area contributed by atoms with Crippen LogP contribution in [0.1, 0.15) is 245 Å². The Morgan fingerprint density at radius 1 is 0.491 bits per heavy atom. The van der Waals surface area contributed by atoms with E-state index in [0.29, 0.717) is 6.42 Å². The van der Waals surface area contributed by atoms with Gasteiger partial charge in [0.25, 0.3) is 10.1 Å². The van der Waals surface area contributed by atoms with Crippen LogP contribution in [0, 0.1) is 0 Å². The Hall–Kier alpha value is -1.18. The van der Waals surface area contributed by atoms with E-state index in [9.17, 15) is 22.9 Å². The topological polar surface area (TPSA) is 104 Å². The van der Waals surface area contributed by atoms with E-state index in [1.165, 1.54) is 186 Å². The van der Waals surface area contributed by atoms with Crippen LogP contribution in [0.4, 0.5) is 0 Å². The van der Waals surface area contributed by atoms with Crippen molar-refractivity contribution in [3.8, 4) is 0 Å². The number of carbonyl (C=O) groups is 1. The Morgan fingerprint density at radius 3 is 1.13 bits per heavy atom. The van der Waals surface area contributed by atoms with E-state index in [1.807, 2.05) is 6.08 Å². The van der Waals surface area contributed by atoms with E-state index < -0.39 is 28.0 Å². The molecule has 314 valence electrons. The van der Waals surface area contributed by atoms with Gasteiger partial charge in [-0.3, -0.25) is 9.35 Å². The highest BCUT2D eigenvalue weighted by atomic mass is 32.2. The molecular formula is C46H89NO5S. The Balaban J connectivity index is 3.84. The summed E-state index contributed by atoms with van der Waals surface area (Å²) in [4.78, 5) is 12.5. The van der Waals surface area contributed by atoms with E-state index in [2.05, 4.69) is 31.3 Å². The molecular weight excluding hydrogens is 679 g/mol. The predicted octanol–water partition coefficient (Wildman–Crippen LogP) is 13.9. The summed E-state index contributed by atoms with van der Waals surface area (Å²) in [6.07, 6.45) is 51.7. The van der Waals surface area contributed by atoms with Crippen LogP contribution in [-0.4, -0.2) is 41.9 Å². The molecule has 0 saturated heterocycles. The highest BCUT2D eigenvalue weighted by Gasteiger charge is 2.24. The molecule has 0 spiro atoms. The Bertz CT molecular complexity index is 934. The second-order valence-electron chi connectivity index (χ2n) is 16.0. The lowest BCUT2D eigenvalue weighted by molar-refractivity contribution is -0.122. The van der Waals surface area contributed by atoms with E-state index >= 15 is 0 Å². The van der Waals surface area contributed by atoms with Crippen LogP contribution in [0.25, 0.3) is 0 Å². The normalized spacial score (nSPS) is 13.4. The fraction of sp³-hybridized carbons (Fsp3) is 0.891. The Morgan fingerprint density at radius 2 is 0.792 bits per heavy atom. The summed E-state index contributed by atoms with van der Waals surface area (Å²) in [6, 6.07) is -1.06. The van der Waals surface area contributed by atoms with E-state index in [1.54, 1.807) is 6.08 Å². The molecule has 0 rings (SSSR count). The Labute approximate surface area is 330 Å². The first-order chi connectivity index (χ1) is 25.8. The zero-order valence-corrected chi connectivity index (χ0v) is 36.0. The van der Waals surface area contributed by atoms with Gasteiger partial charge in [-0.05, 0) is 44.9 Å². The molecule has 0 fully saturated rings. The number of carbonyl (C=O) groups excluding carboxylic acids is 1. The molecule has 0 saturated carbocycles. The van der Waals surface area contributed by atoms with Crippen molar-refractivity contribution in [1.29, 1.82) is 0 Å². The van der Waals surface area contributed by atoms with Crippen molar-refractivity contribution in [3.05, 3.63) is 24.3 Å². The molecule has 2 atom stereocenters. The molecule has 0 aromatic carbocycles. The van der Waals surface area contributed by atoms with Gasteiger partial charge < -0.3 is 10.4 Å². The molecule has 6 nitrogen and oxygen atoms in total. The van der Waals surface area contributed by atoms with E-state index in [-0.39, 0.29) is 5.91 Å². The minimum absolute atomic E-state index is 0.278. The van der Waals surface area contributed by atoms with Crippen molar-refractivity contribution in [1.82, 2.24) is 5.32 Å². The fourth-order valence-corrected chi connectivity index (χ4v) is 7.89. The first kappa shape index (κ1) is 51.8. The van der Waals surface area contributed by atoms with Crippen LogP contribution in [0.3, 0.4) is 0 Å². The lowest BCUT2D eigenvalue weighted by atomic mass is 10.0. The SMILES string of the molecule is CCCCCCCC/C=C\CCCCCCCCCCCC(=O)NC(CS(=O)(=O)O)C(O)/C=C/CCCCCCCCCCCCCCCCCCC. The number of hydrogen-bond donors (Lipinski definition) is 3. The number of hydrogen-bond acceptors (Lipinski definition) is 4. The minimum Gasteiger partial charge on any atom is -0.387 e. The van der Waals surface area contributed by atoms with Crippen LogP contribution in [0.5, 0.6) is 0 Å². The molecule has 0 aliphatic carbocycles. The highest BCUT2D eigenvalue weighted by molar-refractivity contribution is 7.85. The lowest BCUT2D eigenvalue weighted by Gasteiger charge is -2.21. The summed E-state index contributed by atoms with van der Waals surface area (Å²) >= 11 is 0. The van der Waals surface area contributed by atoms with Crippen LogP contribution in [-0.2, 0) is 14.9 Å². The van der Waals surface area contributed by atoms with Gasteiger partial charge in [0.05, 0.1) is 17.9 Å². The molecule has 2 unspecified atom stereocenters. The standard InChI is InChI=1S/C46H89NO5S/c1-3-5-7-9-11-13-15-17-19-21-23-25-27-29-31-33-35-37-39-41-45(48)44(43-53(50,51)52)47-46(49)42-40-38-36-34-32-30-28-26-24-22-20-18-16-14-12-10-8-6-4-2/h18,20,39,41,44-45,48H,3-17,19,21-38,40,42-43H2,1-2H3,(H,47,49)(H,50,51,52)/b20-18-,41-39+. The molecule has 53 heavy (non-hydrogen) atoms.